The van der Waals surface area contributed by atoms with Crippen molar-refractivity contribution in [3.63, 3.8) is 0 Å². The van der Waals surface area contributed by atoms with Crippen molar-refractivity contribution < 1.29 is 4.79 Å². The van der Waals surface area contributed by atoms with E-state index in [9.17, 15) is 14.4 Å². The number of carbonyl (C=O) groups is 1. The number of aromatic amines is 1. The molecule has 7 nitrogen and oxygen atoms in total. The lowest BCUT2D eigenvalue weighted by Gasteiger charge is -2.16. The zero-order valence-corrected chi connectivity index (χ0v) is 15.9. The van der Waals surface area contributed by atoms with Gasteiger partial charge in [-0.1, -0.05) is 0 Å². The largest absolute Gasteiger partial charge is 0.345 e. The minimum absolute atomic E-state index is 0.168. The van der Waals surface area contributed by atoms with Gasteiger partial charge in [0, 0.05) is 23.6 Å². The van der Waals surface area contributed by atoms with Crippen molar-refractivity contribution >= 4 is 28.6 Å². The maximum absolute atomic E-state index is 12.5. The first-order valence-corrected chi connectivity index (χ1v) is 9.72. The molecule has 0 radical (unpaired) electrons. The fourth-order valence-electron chi connectivity index (χ4n) is 2.45. The molecule has 3 aromatic rings. The van der Waals surface area contributed by atoms with Crippen LogP contribution in [0.4, 0.5) is 0 Å². The second-order valence-electron chi connectivity index (χ2n) is 5.89. The molecule has 0 spiro atoms. The topological polar surface area (TPSA) is 96.8 Å². The summed E-state index contributed by atoms with van der Waals surface area (Å²) in [6, 6.07) is 2.96. The Morgan fingerprint density at radius 1 is 1.35 bits per heavy atom. The standard InChI is InChI=1S/C17H18N4O3S2/c1-10-11(2)26-16(18-10)13(7-12-4-6-25-9-12)19-15(23)8-21-5-3-14(22)20-17(21)24/h3-6,9,13H,7-8H2,1-2H3,(H,19,23)(H,20,22,24)/t13-/m1/s1. The third-order valence-corrected chi connectivity index (χ3v) is 5.83. The van der Waals surface area contributed by atoms with Gasteiger partial charge in [-0.25, -0.2) is 9.78 Å². The molecule has 3 rings (SSSR count). The second-order valence-corrected chi connectivity index (χ2v) is 7.90. The molecule has 0 saturated carbocycles. The molecule has 0 saturated heterocycles. The van der Waals surface area contributed by atoms with Crippen molar-refractivity contribution in [3.8, 4) is 0 Å². The molecule has 0 unspecified atom stereocenters. The first-order chi connectivity index (χ1) is 12.4. The quantitative estimate of drug-likeness (QED) is 0.670. The summed E-state index contributed by atoms with van der Waals surface area (Å²) in [7, 11) is 0. The molecular formula is C17H18N4O3S2. The van der Waals surface area contributed by atoms with Crippen LogP contribution in [0.5, 0.6) is 0 Å². The number of carbonyl (C=O) groups excluding carboxylic acids is 1. The number of thiazole rings is 1. The van der Waals surface area contributed by atoms with E-state index < -0.39 is 11.2 Å². The Balaban J connectivity index is 1.79. The third kappa shape index (κ3) is 4.36. The van der Waals surface area contributed by atoms with Crippen LogP contribution in [0.25, 0.3) is 0 Å². The van der Waals surface area contributed by atoms with Gasteiger partial charge in [0.25, 0.3) is 5.56 Å². The first kappa shape index (κ1) is 18.3. The summed E-state index contributed by atoms with van der Waals surface area (Å²) in [5.74, 6) is -0.315. The SMILES string of the molecule is Cc1nc([C@@H](Cc2ccsc2)NC(=O)Cn2ccc(=O)[nH]c2=O)sc1C. The molecule has 0 aromatic carbocycles. The highest BCUT2D eigenvalue weighted by Gasteiger charge is 2.20. The van der Waals surface area contributed by atoms with Crippen LogP contribution < -0.4 is 16.6 Å². The molecule has 1 amide bonds. The van der Waals surface area contributed by atoms with E-state index in [-0.39, 0.29) is 18.5 Å². The molecule has 0 aliphatic rings. The first-order valence-electron chi connectivity index (χ1n) is 7.96. The molecule has 9 heteroatoms. The monoisotopic (exact) mass is 390 g/mol. The predicted octanol–water partition coefficient (Wildman–Crippen LogP) is 1.77. The number of amides is 1. The van der Waals surface area contributed by atoms with Gasteiger partial charge in [-0.05, 0) is 36.2 Å². The number of aryl methyl sites for hydroxylation is 2. The molecule has 2 N–H and O–H groups in total. The Morgan fingerprint density at radius 2 is 2.15 bits per heavy atom. The van der Waals surface area contributed by atoms with Crippen LogP contribution in [0.3, 0.4) is 0 Å². The lowest BCUT2D eigenvalue weighted by atomic mass is 10.1. The summed E-state index contributed by atoms with van der Waals surface area (Å²) in [5.41, 5.74) is 0.970. The summed E-state index contributed by atoms with van der Waals surface area (Å²) >= 11 is 3.16. The van der Waals surface area contributed by atoms with Crippen LogP contribution in [-0.4, -0.2) is 20.4 Å². The van der Waals surface area contributed by atoms with Crippen molar-refractivity contribution in [1.82, 2.24) is 19.9 Å². The molecule has 26 heavy (non-hydrogen) atoms. The predicted molar refractivity (Wildman–Crippen MR) is 102 cm³/mol. The van der Waals surface area contributed by atoms with Crippen LogP contribution in [0.15, 0.2) is 38.7 Å². The average molecular weight is 390 g/mol. The number of nitrogens with one attached hydrogen (secondary N) is 2. The lowest BCUT2D eigenvalue weighted by molar-refractivity contribution is -0.122. The fraction of sp³-hybridized carbons (Fsp3) is 0.294. The van der Waals surface area contributed by atoms with Crippen molar-refractivity contribution in [1.29, 1.82) is 0 Å². The van der Waals surface area contributed by atoms with Gasteiger partial charge >= 0.3 is 5.69 Å². The van der Waals surface area contributed by atoms with Gasteiger partial charge in [0.05, 0.1) is 11.7 Å². The van der Waals surface area contributed by atoms with Crippen molar-refractivity contribution in [2.45, 2.75) is 32.9 Å². The molecule has 0 fully saturated rings. The fourth-order valence-corrected chi connectivity index (χ4v) is 4.11. The van der Waals surface area contributed by atoms with Gasteiger partial charge in [-0.2, -0.15) is 11.3 Å². The zero-order valence-electron chi connectivity index (χ0n) is 14.3. The molecule has 0 aliphatic carbocycles. The molecular weight excluding hydrogens is 372 g/mol. The minimum Gasteiger partial charge on any atom is -0.345 e. The third-order valence-electron chi connectivity index (χ3n) is 3.91. The summed E-state index contributed by atoms with van der Waals surface area (Å²) in [5, 5.41) is 7.84. The highest BCUT2D eigenvalue weighted by molar-refractivity contribution is 7.11. The Labute approximate surface area is 157 Å². The van der Waals surface area contributed by atoms with E-state index in [0.29, 0.717) is 6.42 Å². The second kappa shape index (κ2) is 7.79. The maximum atomic E-state index is 12.5. The highest BCUT2D eigenvalue weighted by Crippen LogP contribution is 2.26. The number of thiophene rings is 1. The Hall–Kier alpha value is -2.52. The van der Waals surface area contributed by atoms with Crippen molar-refractivity contribution in [2.75, 3.05) is 0 Å². The zero-order chi connectivity index (χ0) is 18.7. The number of hydrogen-bond donors (Lipinski definition) is 2. The summed E-state index contributed by atoms with van der Waals surface area (Å²) < 4.78 is 1.16. The van der Waals surface area contributed by atoms with Gasteiger partial charge in [0.15, 0.2) is 0 Å². The van der Waals surface area contributed by atoms with E-state index in [4.69, 9.17) is 0 Å². The molecule has 3 aromatic heterocycles. The molecule has 0 aliphatic heterocycles. The molecule has 1 atom stereocenters. The van der Waals surface area contributed by atoms with E-state index >= 15 is 0 Å². The highest BCUT2D eigenvalue weighted by atomic mass is 32.1. The Morgan fingerprint density at radius 3 is 2.77 bits per heavy atom. The number of rotatable bonds is 6. The molecule has 0 bridgehead atoms. The summed E-state index contributed by atoms with van der Waals surface area (Å²) in [4.78, 5) is 43.2. The van der Waals surface area contributed by atoms with Crippen LogP contribution in [0.2, 0.25) is 0 Å². The van der Waals surface area contributed by atoms with Gasteiger partial charge in [-0.3, -0.25) is 19.1 Å². The van der Waals surface area contributed by atoms with E-state index in [0.717, 1.165) is 25.7 Å². The number of H-pyrrole nitrogens is 1. The van der Waals surface area contributed by atoms with E-state index in [1.807, 2.05) is 30.7 Å². The maximum Gasteiger partial charge on any atom is 0.328 e. The minimum atomic E-state index is -0.608. The Kier molecular flexibility index (Phi) is 5.48. The van der Waals surface area contributed by atoms with Crippen LogP contribution >= 0.6 is 22.7 Å². The number of nitrogens with zero attached hydrogens (tertiary/aromatic N) is 2. The van der Waals surface area contributed by atoms with Crippen LogP contribution in [-0.2, 0) is 17.8 Å². The summed E-state index contributed by atoms with van der Waals surface area (Å²) in [6.07, 6.45) is 1.94. The molecule has 3 heterocycles. The van der Waals surface area contributed by atoms with Gasteiger partial charge in [0.2, 0.25) is 5.91 Å². The van der Waals surface area contributed by atoms with E-state index in [2.05, 4.69) is 15.3 Å². The number of aromatic nitrogens is 3. The Bertz CT molecular complexity index is 998. The van der Waals surface area contributed by atoms with Crippen LogP contribution in [0, 0.1) is 13.8 Å². The van der Waals surface area contributed by atoms with E-state index in [1.165, 1.54) is 12.3 Å². The van der Waals surface area contributed by atoms with Gasteiger partial charge in [0.1, 0.15) is 11.6 Å². The van der Waals surface area contributed by atoms with Crippen molar-refractivity contribution in [3.05, 3.63) is 71.1 Å². The number of hydrogen-bond acceptors (Lipinski definition) is 6. The van der Waals surface area contributed by atoms with Gasteiger partial charge in [-0.15, -0.1) is 11.3 Å². The van der Waals surface area contributed by atoms with E-state index in [1.54, 1.807) is 22.7 Å². The summed E-state index contributed by atoms with van der Waals surface area (Å²) in [6.45, 7) is 3.78. The van der Waals surface area contributed by atoms with Crippen molar-refractivity contribution in [2.24, 2.45) is 0 Å². The van der Waals surface area contributed by atoms with Crippen LogP contribution in [0.1, 0.15) is 27.2 Å². The van der Waals surface area contributed by atoms with Gasteiger partial charge < -0.3 is 5.32 Å². The smallest absolute Gasteiger partial charge is 0.328 e. The average Bonchev–Trinajstić information content (AvgIpc) is 3.20. The molecule has 136 valence electrons. The normalized spacial score (nSPS) is 12.1. The lowest BCUT2D eigenvalue weighted by Crippen LogP contribution is -2.37.